The molecule has 0 radical (unpaired) electrons. The van der Waals surface area contributed by atoms with Crippen LogP contribution in [0.2, 0.25) is 0 Å². The number of hydrogen-bond donors (Lipinski definition) is 1. The lowest BCUT2D eigenvalue weighted by atomic mass is 9.96. The number of amides is 1. The molecule has 0 spiro atoms. The number of carbonyl (C=O) groups is 1. The van der Waals surface area contributed by atoms with Crippen molar-refractivity contribution in [1.29, 1.82) is 0 Å². The Hall–Kier alpha value is -1.46. The Labute approximate surface area is 112 Å². The predicted molar refractivity (Wildman–Crippen MR) is 70.1 cm³/mol. The zero-order valence-corrected chi connectivity index (χ0v) is 11.2. The molecule has 1 aromatic carbocycles. The van der Waals surface area contributed by atoms with E-state index in [1.165, 1.54) is 12.1 Å². The number of benzene rings is 1. The second-order valence-electron chi connectivity index (χ2n) is 4.89. The van der Waals surface area contributed by atoms with Crippen LogP contribution in [0.5, 0.6) is 0 Å². The van der Waals surface area contributed by atoms with E-state index >= 15 is 0 Å². The molecular weight excluding hydrogens is 247 g/mol. The Balaban J connectivity index is 2.31. The largest absolute Gasteiger partial charge is 0.383 e. The molecule has 1 amide bonds. The summed E-state index contributed by atoms with van der Waals surface area (Å²) in [4.78, 5) is 13.7. The van der Waals surface area contributed by atoms with Gasteiger partial charge in [-0.3, -0.25) is 4.79 Å². The molecule has 1 fully saturated rings. The van der Waals surface area contributed by atoms with Crippen molar-refractivity contribution < 1.29 is 13.9 Å². The molecule has 2 atom stereocenters. The van der Waals surface area contributed by atoms with E-state index in [9.17, 15) is 9.18 Å². The van der Waals surface area contributed by atoms with Gasteiger partial charge in [-0.1, -0.05) is 6.07 Å². The number of nitrogens with zero attached hydrogens (tertiary/aromatic N) is 1. The van der Waals surface area contributed by atoms with E-state index in [2.05, 4.69) is 0 Å². The topological polar surface area (TPSA) is 55.6 Å². The van der Waals surface area contributed by atoms with E-state index in [1.807, 2.05) is 6.92 Å². The molecule has 1 aliphatic heterocycles. The minimum absolute atomic E-state index is 0.0262. The third kappa shape index (κ3) is 2.77. The van der Waals surface area contributed by atoms with Crippen LogP contribution in [0.1, 0.15) is 23.6 Å². The van der Waals surface area contributed by atoms with Gasteiger partial charge in [0.2, 0.25) is 5.91 Å². The van der Waals surface area contributed by atoms with E-state index in [4.69, 9.17) is 10.5 Å². The van der Waals surface area contributed by atoms with Crippen LogP contribution in [0.3, 0.4) is 0 Å². The highest BCUT2D eigenvalue weighted by molar-refractivity contribution is 5.80. The summed E-state index contributed by atoms with van der Waals surface area (Å²) in [5, 5.41) is 0. The van der Waals surface area contributed by atoms with Crippen LogP contribution in [0.4, 0.5) is 4.39 Å². The van der Waals surface area contributed by atoms with Crippen molar-refractivity contribution in [2.45, 2.75) is 25.4 Å². The summed E-state index contributed by atoms with van der Waals surface area (Å²) in [5.41, 5.74) is 7.80. The minimum atomic E-state index is -0.275. The number of halogens is 1. The Kier molecular flexibility index (Phi) is 4.17. The fourth-order valence-corrected chi connectivity index (χ4v) is 2.64. The van der Waals surface area contributed by atoms with E-state index in [0.29, 0.717) is 19.6 Å². The quantitative estimate of drug-likeness (QED) is 0.895. The first-order chi connectivity index (χ1) is 9.04. The number of methoxy groups -OCH3 is 1. The van der Waals surface area contributed by atoms with Crippen LogP contribution in [0.15, 0.2) is 18.2 Å². The lowest BCUT2D eigenvalue weighted by molar-refractivity contribution is -0.129. The maximum atomic E-state index is 13.2. The summed E-state index contributed by atoms with van der Waals surface area (Å²) >= 11 is 0. The number of aryl methyl sites for hydroxylation is 1. The van der Waals surface area contributed by atoms with Gasteiger partial charge in [-0.05, 0) is 30.2 Å². The Bertz CT molecular complexity index is 479. The van der Waals surface area contributed by atoms with Gasteiger partial charge in [0.1, 0.15) is 5.82 Å². The average Bonchev–Trinajstić information content (AvgIpc) is 2.62. The summed E-state index contributed by atoms with van der Waals surface area (Å²) in [6.07, 6.45) is 0.325. The van der Waals surface area contributed by atoms with Crippen LogP contribution in [-0.2, 0) is 9.53 Å². The number of likely N-dealkylation sites (tertiary alicyclic amines) is 1. The van der Waals surface area contributed by atoms with Crippen molar-refractivity contribution in [3.05, 3.63) is 35.1 Å². The first-order valence-corrected chi connectivity index (χ1v) is 6.34. The van der Waals surface area contributed by atoms with Crippen molar-refractivity contribution in [1.82, 2.24) is 4.90 Å². The van der Waals surface area contributed by atoms with Gasteiger partial charge in [0.05, 0.1) is 12.6 Å². The van der Waals surface area contributed by atoms with Crippen molar-refractivity contribution in [3.8, 4) is 0 Å². The van der Waals surface area contributed by atoms with Crippen molar-refractivity contribution in [2.75, 3.05) is 20.3 Å². The molecule has 0 aliphatic carbocycles. The van der Waals surface area contributed by atoms with Gasteiger partial charge in [0.15, 0.2) is 0 Å². The molecule has 2 unspecified atom stereocenters. The van der Waals surface area contributed by atoms with Gasteiger partial charge in [-0.2, -0.15) is 0 Å². The number of hydrogen-bond acceptors (Lipinski definition) is 3. The fraction of sp³-hybridized carbons (Fsp3) is 0.500. The van der Waals surface area contributed by atoms with E-state index < -0.39 is 0 Å². The molecule has 0 saturated carbocycles. The SMILES string of the molecule is COCCN1C(=O)CC(N)C1c1ccc(F)cc1C. The summed E-state index contributed by atoms with van der Waals surface area (Å²) in [7, 11) is 1.60. The molecule has 2 rings (SSSR count). The maximum absolute atomic E-state index is 13.2. The number of ether oxygens (including phenoxy) is 1. The van der Waals surface area contributed by atoms with Gasteiger partial charge in [-0.15, -0.1) is 0 Å². The average molecular weight is 266 g/mol. The summed E-state index contributed by atoms with van der Waals surface area (Å²) in [6, 6.07) is 4.15. The van der Waals surface area contributed by atoms with Gasteiger partial charge in [0, 0.05) is 26.1 Å². The van der Waals surface area contributed by atoms with Gasteiger partial charge >= 0.3 is 0 Å². The molecule has 5 heteroatoms. The minimum Gasteiger partial charge on any atom is -0.383 e. The molecule has 1 heterocycles. The summed E-state index contributed by atoms with van der Waals surface area (Å²) < 4.78 is 18.2. The lowest BCUT2D eigenvalue weighted by Crippen LogP contribution is -2.35. The standard InChI is InChI=1S/C14H19FN2O2/c1-9-7-10(15)3-4-11(9)14-12(16)8-13(18)17(14)5-6-19-2/h3-4,7,12,14H,5-6,8,16H2,1-2H3. The molecule has 1 aliphatic rings. The normalized spacial score (nSPS) is 23.2. The highest BCUT2D eigenvalue weighted by atomic mass is 19.1. The second-order valence-corrected chi connectivity index (χ2v) is 4.89. The van der Waals surface area contributed by atoms with Crippen molar-refractivity contribution in [2.24, 2.45) is 5.73 Å². The van der Waals surface area contributed by atoms with Crippen LogP contribution >= 0.6 is 0 Å². The number of rotatable bonds is 4. The lowest BCUT2D eigenvalue weighted by Gasteiger charge is -2.28. The molecular formula is C14H19FN2O2. The third-order valence-corrected chi connectivity index (χ3v) is 3.56. The number of carbonyl (C=O) groups excluding carboxylic acids is 1. The first-order valence-electron chi connectivity index (χ1n) is 6.34. The highest BCUT2D eigenvalue weighted by Gasteiger charge is 2.38. The van der Waals surface area contributed by atoms with Gasteiger partial charge in [0.25, 0.3) is 0 Å². The zero-order chi connectivity index (χ0) is 14.0. The van der Waals surface area contributed by atoms with Crippen molar-refractivity contribution >= 4 is 5.91 Å². The van der Waals surface area contributed by atoms with Gasteiger partial charge in [-0.25, -0.2) is 4.39 Å². The smallest absolute Gasteiger partial charge is 0.224 e. The van der Waals surface area contributed by atoms with E-state index in [1.54, 1.807) is 18.1 Å². The van der Waals surface area contributed by atoms with Crippen molar-refractivity contribution in [3.63, 3.8) is 0 Å². The molecule has 4 nitrogen and oxygen atoms in total. The highest BCUT2D eigenvalue weighted by Crippen LogP contribution is 2.33. The molecule has 2 N–H and O–H groups in total. The third-order valence-electron chi connectivity index (χ3n) is 3.56. The summed E-state index contributed by atoms with van der Waals surface area (Å²) in [5.74, 6) is -0.249. The Morgan fingerprint density at radius 2 is 2.26 bits per heavy atom. The van der Waals surface area contributed by atoms with Crippen LogP contribution < -0.4 is 5.73 Å². The van der Waals surface area contributed by atoms with E-state index in [0.717, 1.165) is 11.1 Å². The zero-order valence-electron chi connectivity index (χ0n) is 11.2. The van der Waals surface area contributed by atoms with Crippen LogP contribution in [0, 0.1) is 12.7 Å². The van der Waals surface area contributed by atoms with Crippen LogP contribution in [0.25, 0.3) is 0 Å². The second kappa shape index (κ2) is 5.67. The molecule has 19 heavy (non-hydrogen) atoms. The maximum Gasteiger partial charge on any atom is 0.224 e. The summed E-state index contributed by atoms with van der Waals surface area (Å²) in [6.45, 7) is 2.81. The monoisotopic (exact) mass is 266 g/mol. The first kappa shape index (κ1) is 14.0. The molecule has 104 valence electrons. The van der Waals surface area contributed by atoms with Crippen LogP contribution in [-0.4, -0.2) is 37.1 Å². The Morgan fingerprint density at radius 1 is 1.53 bits per heavy atom. The number of nitrogens with two attached hydrogens (primary N) is 1. The molecule has 0 aromatic heterocycles. The fourth-order valence-electron chi connectivity index (χ4n) is 2.64. The Morgan fingerprint density at radius 3 is 2.89 bits per heavy atom. The van der Waals surface area contributed by atoms with E-state index in [-0.39, 0.29) is 23.8 Å². The van der Waals surface area contributed by atoms with Gasteiger partial charge < -0.3 is 15.4 Å². The molecule has 1 saturated heterocycles. The molecule has 0 bridgehead atoms. The molecule has 1 aromatic rings. The predicted octanol–water partition coefficient (Wildman–Crippen LogP) is 1.38.